The summed E-state index contributed by atoms with van der Waals surface area (Å²) in [7, 11) is 0. The van der Waals surface area contributed by atoms with E-state index in [9.17, 15) is 9.18 Å². The lowest BCUT2D eigenvalue weighted by Gasteiger charge is -2.13. The van der Waals surface area contributed by atoms with Gasteiger partial charge in [-0.2, -0.15) is 0 Å². The number of aromatic nitrogens is 1. The van der Waals surface area contributed by atoms with Gasteiger partial charge in [-0.25, -0.2) is 4.39 Å². The molecule has 3 aromatic rings. The first-order valence-electron chi connectivity index (χ1n) is 8.13. The van der Waals surface area contributed by atoms with Gasteiger partial charge >= 0.3 is 0 Å². The van der Waals surface area contributed by atoms with Crippen molar-refractivity contribution in [2.45, 2.75) is 19.8 Å². The molecule has 0 saturated heterocycles. The Morgan fingerprint density at radius 3 is 2.44 bits per heavy atom. The van der Waals surface area contributed by atoms with Crippen LogP contribution in [0.5, 0.6) is 0 Å². The molecular weight excluding hydrogens is 315 g/mol. The van der Waals surface area contributed by atoms with Crippen molar-refractivity contribution in [3.05, 3.63) is 83.9 Å². The average molecular weight is 334 g/mol. The van der Waals surface area contributed by atoms with Crippen LogP contribution in [0.25, 0.3) is 11.1 Å². The standard InChI is InChI=1S/C21H19FN2O/c1-14-13-17(11-12-23-14)16-7-9-18(10-8-16)24-21(25)15(2)19-5-3-4-6-20(19)22/h3-13,15H,1-2H3,(H,24,25)/t15-/m1/s1. The lowest BCUT2D eigenvalue weighted by molar-refractivity contribution is -0.117. The zero-order chi connectivity index (χ0) is 17.8. The molecule has 0 aliphatic carbocycles. The molecule has 0 spiro atoms. The van der Waals surface area contributed by atoms with Gasteiger partial charge in [0.05, 0.1) is 5.92 Å². The highest BCUT2D eigenvalue weighted by Crippen LogP contribution is 2.24. The lowest BCUT2D eigenvalue weighted by Crippen LogP contribution is -2.19. The number of nitrogens with one attached hydrogen (secondary N) is 1. The summed E-state index contributed by atoms with van der Waals surface area (Å²) in [5, 5.41) is 2.84. The number of carbonyl (C=O) groups excluding carboxylic acids is 1. The molecule has 25 heavy (non-hydrogen) atoms. The van der Waals surface area contributed by atoms with Crippen LogP contribution in [0.3, 0.4) is 0 Å². The summed E-state index contributed by atoms with van der Waals surface area (Å²) < 4.78 is 13.8. The molecule has 0 aliphatic heterocycles. The summed E-state index contributed by atoms with van der Waals surface area (Å²) in [5.41, 5.74) is 4.15. The van der Waals surface area contributed by atoms with Crippen molar-refractivity contribution < 1.29 is 9.18 Å². The Bertz CT molecular complexity index is 890. The molecule has 0 fully saturated rings. The van der Waals surface area contributed by atoms with Crippen LogP contribution in [0, 0.1) is 12.7 Å². The normalized spacial score (nSPS) is 11.8. The highest BCUT2D eigenvalue weighted by molar-refractivity contribution is 5.95. The minimum atomic E-state index is -0.566. The fourth-order valence-corrected chi connectivity index (χ4v) is 2.69. The van der Waals surface area contributed by atoms with E-state index < -0.39 is 5.92 Å². The first-order chi connectivity index (χ1) is 12.0. The predicted molar refractivity (Wildman–Crippen MR) is 97.9 cm³/mol. The van der Waals surface area contributed by atoms with E-state index in [1.807, 2.05) is 43.3 Å². The Kier molecular flexibility index (Phi) is 4.89. The van der Waals surface area contributed by atoms with Gasteiger partial charge in [0.1, 0.15) is 5.82 Å². The van der Waals surface area contributed by atoms with E-state index in [0.717, 1.165) is 16.8 Å². The molecule has 4 heteroatoms. The topological polar surface area (TPSA) is 42.0 Å². The van der Waals surface area contributed by atoms with Crippen molar-refractivity contribution in [2.24, 2.45) is 0 Å². The predicted octanol–water partition coefficient (Wildman–Crippen LogP) is 4.94. The molecule has 3 rings (SSSR count). The highest BCUT2D eigenvalue weighted by atomic mass is 19.1. The average Bonchev–Trinajstić information content (AvgIpc) is 2.62. The minimum Gasteiger partial charge on any atom is -0.326 e. The van der Waals surface area contributed by atoms with Gasteiger partial charge in [0.2, 0.25) is 5.91 Å². The highest BCUT2D eigenvalue weighted by Gasteiger charge is 2.18. The van der Waals surface area contributed by atoms with Gasteiger partial charge in [-0.3, -0.25) is 9.78 Å². The second-order valence-electron chi connectivity index (χ2n) is 6.00. The molecule has 0 radical (unpaired) electrons. The number of hydrogen-bond donors (Lipinski definition) is 1. The van der Waals surface area contributed by atoms with E-state index in [1.54, 1.807) is 31.3 Å². The summed E-state index contributed by atoms with van der Waals surface area (Å²) in [5.74, 6) is -1.17. The second-order valence-corrected chi connectivity index (χ2v) is 6.00. The fraction of sp³-hybridized carbons (Fsp3) is 0.143. The van der Waals surface area contributed by atoms with E-state index in [4.69, 9.17) is 0 Å². The quantitative estimate of drug-likeness (QED) is 0.734. The molecule has 1 atom stereocenters. The van der Waals surface area contributed by atoms with Crippen LogP contribution in [-0.4, -0.2) is 10.9 Å². The van der Waals surface area contributed by atoms with Gasteiger partial charge in [-0.05, 0) is 60.9 Å². The van der Waals surface area contributed by atoms with E-state index in [-0.39, 0.29) is 11.7 Å². The first kappa shape index (κ1) is 16.8. The fourth-order valence-electron chi connectivity index (χ4n) is 2.69. The van der Waals surface area contributed by atoms with Gasteiger partial charge in [-0.15, -0.1) is 0 Å². The number of nitrogens with zero attached hydrogens (tertiary/aromatic N) is 1. The SMILES string of the molecule is Cc1cc(-c2ccc(NC(=O)[C@H](C)c3ccccc3F)cc2)ccn1. The Morgan fingerprint density at radius 1 is 1.04 bits per heavy atom. The minimum absolute atomic E-state index is 0.238. The number of carbonyl (C=O) groups is 1. The maximum Gasteiger partial charge on any atom is 0.231 e. The van der Waals surface area contributed by atoms with Crippen molar-refractivity contribution in [1.29, 1.82) is 0 Å². The largest absolute Gasteiger partial charge is 0.326 e. The van der Waals surface area contributed by atoms with Crippen LogP contribution in [0.2, 0.25) is 0 Å². The molecule has 1 amide bonds. The smallest absolute Gasteiger partial charge is 0.231 e. The Balaban J connectivity index is 1.73. The Labute approximate surface area is 146 Å². The van der Waals surface area contributed by atoms with Crippen LogP contribution in [0.15, 0.2) is 66.9 Å². The van der Waals surface area contributed by atoms with Crippen molar-refractivity contribution in [1.82, 2.24) is 4.98 Å². The number of halogens is 1. The molecule has 0 unspecified atom stereocenters. The molecule has 1 N–H and O–H groups in total. The monoisotopic (exact) mass is 334 g/mol. The number of pyridine rings is 1. The molecule has 2 aromatic carbocycles. The van der Waals surface area contributed by atoms with Crippen molar-refractivity contribution in [3.63, 3.8) is 0 Å². The van der Waals surface area contributed by atoms with Gasteiger partial charge < -0.3 is 5.32 Å². The summed E-state index contributed by atoms with van der Waals surface area (Å²) in [6.45, 7) is 3.64. The molecular formula is C21H19FN2O. The molecule has 3 nitrogen and oxygen atoms in total. The maximum atomic E-state index is 13.8. The molecule has 0 aliphatic rings. The maximum absolute atomic E-state index is 13.8. The zero-order valence-corrected chi connectivity index (χ0v) is 14.2. The van der Waals surface area contributed by atoms with Crippen LogP contribution in [0.1, 0.15) is 24.1 Å². The molecule has 126 valence electrons. The van der Waals surface area contributed by atoms with Crippen LogP contribution in [0.4, 0.5) is 10.1 Å². The molecule has 0 bridgehead atoms. The summed E-state index contributed by atoms with van der Waals surface area (Å²) in [4.78, 5) is 16.6. The van der Waals surface area contributed by atoms with E-state index in [2.05, 4.69) is 10.3 Å². The van der Waals surface area contributed by atoms with E-state index >= 15 is 0 Å². The first-order valence-corrected chi connectivity index (χ1v) is 8.13. The number of benzene rings is 2. The third-order valence-electron chi connectivity index (χ3n) is 4.15. The molecule has 1 aromatic heterocycles. The van der Waals surface area contributed by atoms with Gasteiger partial charge in [0, 0.05) is 17.6 Å². The number of anilines is 1. The molecule has 0 saturated carbocycles. The van der Waals surface area contributed by atoms with Crippen LogP contribution < -0.4 is 5.32 Å². The van der Waals surface area contributed by atoms with Crippen LogP contribution >= 0.6 is 0 Å². The molecule has 1 heterocycles. The Hall–Kier alpha value is -3.01. The van der Waals surface area contributed by atoms with Gasteiger partial charge in [0.15, 0.2) is 0 Å². The van der Waals surface area contributed by atoms with Crippen LogP contribution in [-0.2, 0) is 4.79 Å². The number of hydrogen-bond acceptors (Lipinski definition) is 2. The second kappa shape index (κ2) is 7.26. The summed E-state index contributed by atoms with van der Waals surface area (Å²) in [6, 6.07) is 17.9. The Morgan fingerprint density at radius 2 is 1.76 bits per heavy atom. The zero-order valence-electron chi connectivity index (χ0n) is 14.2. The van der Waals surface area contributed by atoms with Crippen molar-refractivity contribution in [2.75, 3.05) is 5.32 Å². The summed E-state index contributed by atoms with van der Waals surface area (Å²) >= 11 is 0. The third-order valence-corrected chi connectivity index (χ3v) is 4.15. The van der Waals surface area contributed by atoms with Crippen molar-refractivity contribution >= 4 is 11.6 Å². The van der Waals surface area contributed by atoms with Crippen molar-refractivity contribution in [3.8, 4) is 11.1 Å². The van der Waals surface area contributed by atoms with E-state index in [1.165, 1.54) is 6.07 Å². The summed E-state index contributed by atoms with van der Waals surface area (Å²) in [6.07, 6.45) is 1.77. The van der Waals surface area contributed by atoms with Gasteiger partial charge in [0.25, 0.3) is 0 Å². The number of rotatable bonds is 4. The lowest BCUT2D eigenvalue weighted by atomic mass is 9.99. The van der Waals surface area contributed by atoms with E-state index in [0.29, 0.717) is 11.3 Å². The van der Waals surface area contributed by atoms with Gasteiger partial charge in [-0.1, -0.05) is 30.3 Å². The number of amides is 1. The number of aryl methyl sites for hydroxylation is 1. The third kappa shape index (κ3) is 3.91.